The minimum absolute atomic E-state index is 0.391. The fourth-order valence-corrected chi connectivity index (χ4v) is 1.41. The fraction of sp³-hybridized carbons (Fsp3) is 0.667. The molecule has 1 aromatic rings. The molecule has 0 spiro atoms. The van der Waals surface area contributed by atoms with Gasteiger partial charge in [-0.15, -0.1) is 0 Å². The number of aromatic nitrogens is 2. The van der Waals surface area contributed by atoms with Crippen LogP contribution in [0.3, 0.4) is 0 Å². The van der Waals surface area contributed by atoms with E-state index >= 15 is 0 Å². The summed E-state index contributed by atoms with van der Waals surface area (Å²) in [7, 11) is 1.87. The summed E-state index contributed by atoms with van der Waals surface area (Å²) in [5.74, 6) is 0.391. The van der Waals surface area contributed by atoms with Gasteiger partial charge in [-0.2, -0.15) is 5.10 Å². The molecule has 0 saturated heterocycles. The third kappa shape index (κ3) is 1.44. The van der Waals surface area contributed by atoms with Gasteiger partial charge in [0.05, 0.1) is 5.69 Å². The van der Waals surface area contributed by atoms with E-state index in [1.807, 2.05) is 14.0 Å². The molecule has 0 amide bonds. The van der Waals surface area contributed by atoms with Crippen LogP contribution in [0.4, 0.5) is 0 Å². The zero-order chi connectivity index (χ0) is 9.14. The van der Waals surface area contributed by atoms with E-state index in [4.69, 9.17) is 0 Å². The van der Waals surface area contributed by atoms with Gasteiger partial charge in [0.2, 0.25) is 0 Å². The molecule has 3 heteroatoms. The summed E-state index contributed by atoms with van der Waals surface area (Å²) in [6.07, 6.45) is 2.71. The van der Waals surface area contributed by atoms with Crippen molar-refractivity contribution in [2.75, 3.05) is 0 Å². The Bertz CT molecular complexity index is 266. The van der Waals surface area contributed by atoms with Crippen LogP contribution in [-0.2, 0) is 19.9 Å². The van der Waals surface area contributed by atoms with Gasteiger partial charge >= 0.3 is 0 Å². The molecule has 0 radical (unpaired) electrons. The predicted octanol–water partition coefficient (Wildman–Crippen LogP) is 1.64. The number of nitrogens with zero attached hydrogens (tertiary/aromatic N) is 2. The van der Waals surface area contributed by atoms with Crippen molar-refractivity contribution in [1.29, 1.82) is 0 Å². The molecule has 1 N–H and O–H groups in total. The molecule has 0 aliphatic heterocycles. The van der Waals surface area contributed by atoms with Crippen LogP contribution in [0.25, 0.3) is 0 Å². The minimum atomic E-state index is 0.391. The van der Waals surface area contributed by atoms with E-state index in [9.17, 15) is 5.11 Å². The van der Waals surface area contributed by atoms with Crippen molar-refractivity contribution in [3.63, 3.8) is 0 Å². The number of hydrogen-bond donors (Lipinski definition) is 1. The lowest BCUT2D eigenvalue weighted by Gasteiger charge is -1.95. The molecule has 0 aliphatic carbocycles. The van der Waals surface area contributed by atoms with E-state index in [1.54, 1.807) is 4.68 Å². The Kier molecular flexibility index (Phi) is 2.74. The Morgan fingerprint density at radius 2 is 2.08 bits per heavy atom. The Morgan fingerprint density at radius 3 is 2.50 bits per heavy atom. The molecule has 1 aromatic heterocycles. The molecule has 3 nitrogen and oxygen atoms in total. The average Bonchev–Trinajstić information content (AvgIpc) is 2.29. The lowest BCUT2D eigenvalue weighted by molar-refractivity contribution is 0.460. The van der Waals surface area contributed by atoms with Crippen LogP contribution in [0.15, 0.2) is 0 Å². The highest BCUT2D eigenvalue weighted by molar-refractivity contribution is 5.32. The molecule has 0 aliphatic rings. The van der Waals surface area contributed by atoms with Gasteiger partial charge in [-0.1, -0.05) is 20.3 Å². The minimum Gasteiger partial charge on any atom is -0.504 e. The van der Waals surface area contributed by atoms with E-state index in [2.05, 4.69) is 12.0 Å². The molecule has 0 atom stereocenters. The van der Waals surface area contributed by atoms with E-state index < -0.39 is 0 Å². The summed E-state index contributed by atoms with van der Waals surface area (Å²) in [5, 5.41) is 13.9. The van der Waals surface area contributed by atoms with Gasteiger partial charge in [-0.3, -0.25) is 4.68 Å². The molecule has 0 unspecified atom stereocenters. The Balaban J connectivity index is 3.00. The first-order valence-corrected chi connectivity index (χ1v) is 4.44. The van der Waals surface area contributed by atoms with E-state index in [0.717, 1.165) is 30.7 Å². The first kappa shape index (κ1) is 9.10. The summed E-state index contributed by atoms with van der Waals surface area (Å²) in [6, 6.07) is 0. The Hall–Kier alpha value is -0.990. The highest BCUT2D eigenvalue weighted by atomic mass is 16.3. The average molecular weight is 168 g/mol. The quantitative estimate of drug-likeness (QED) is 0.745. The lowest BCUT2D eigenvalue weighted by Crippen LogP contribution is -1.96. The SMILES string of the molecule is CCCc1nn(C)c(CC)c1O. The largest absolute Gasteiger partial charge is 0.504 e. The standard InChI is InChI=1S/C9H16N2O/c1-4-6-7-9(12)8(5-2)11(3)10-7/h12H,4-6H2,1-3H3. The number of aromatic hydroxyl groups is 1. The molecule has 12 heavy (non-hydrogen) atoms. The summed E-state index contributed by atoms with van der Waals surface area (Å²) in [4.78, 5) is 0. The van der Waals surface area contributed by atoms with Gasteiger partial charge in [0.15, 0.2) is 5.75 Å². The van der Waals surface area contributed by atoms with Crippen molar-refractivity contribution in [2.24, 2.45) is 7.05 Å². The second-order valence-electron chi connectivity index (χ2n) is 2.97. The maximum absolute atomic E-state index is 9.66. The van der Waals surface area contributed by atoms with Crippen molar-refractivity contribution in [3.8, 4) is 5.75 Å². The van der Waals surface area contributed by atoms with E-state index in [0.29, 0.717) is 5.75 Å². The zero-order valence-corrected chi connectivity index (χ0v) is 7.96. The highest BCUT2D eigenvalue weighted by Gasteiger charge is 2.11. The van der Waals surface area contributed by atoms with Crippen molar-refractivity contribution >= 4 is 0 Å². The van der Waals surface area contributed by atoms with E-state index in [1.165, 1.54) is 0 Å². The van der Waals surface area contributed by atoms with Crippen molar-refractivity contribution in [2.45, 2.75) is 33.1 Å². The third-order valence-electron chi connectivity index (χ3n) is 2.03. The Labute approximate surface area is 73.0 Å². The fourth-order valence-electron chi connectivity index (χ4n) is 1.41. The van der Waals surface area contributed by atoms with E-state index in [-0.39, 0.29) is 0 Å². The van der Waals surface area contributed by atoms with Gasteiger partial charge in [-0.05, 0) is 12.8 Å². The third-order valence-corrected chi connectivity index (χ3v) is 2.03. The van der Waals surface area contributed by atoms with Crippen LogP contribution >= 0.6 is 0 Å². The molecule has 1 heterocycles. The molecular formula is C9H16N2O. The second-order valence-corrected chi connectivity index (χ2v) is 2.97. The molecule has 1 rings (SSSR count). The zero-order valence-electron chi connectivity index (χ0n) is 7.96. The van der Waals surface area contributed by atoms with Crippen LogP contribution in [-0.4, -0.2) is 14.9 Å². The highest BCUT2D eigenvalue weighted by Crippen LogP contribution is 2.22. The Morgan fingerprint density at radius 1 is 1.42 bits per heavy atom. The lowest BCUT2D eigenvalue weighted by atomic mass is 10.2. The van der Waals surface area contributed by atoms with Crippen molar-refractivity contribution in [1.82, 2.24) is 9.78 Å². The second kappa shape index (κ2) is 3.61. The number of rotatable bonds is 3. The predicted molar refractivity (Wildman–Crippen MR) is 48.2 cm³/mol. The normalized spacial score (nSPS) is 10.6. The van der Waals surface area contributed by atoms with Crippen LogP contribution < -0.4 is 0 Å². The van der Waals surface area contributed by atoms with Gasteiger partial charge in [0.25, 0.3) is 0 Å². The first-order chi connectivity index (χ1) is 5.70. The van der Waals surface area contributed by atoms with Crippen LogP contribution in [0.5, 0.6) is 5.75 Å². The topological polar surface area (TPSA) is 38.0 Å². The number of aryl methyl sites for hydroxylation is 2. The van der Waals surface area contributed by atoms with Gasteiger partial charge in [0, 0.05) is 7.05 Å². The maximum atomic E-state index is 9.66. The first-order valence-electron chi connectivity index (χ1n) is 4.44. The molecule has 68 valence electrons. The maximum Gasteiger partial charge on any atom is 0.160 e. The van der Waals surface area contributed by atoms with Gasteiger partial charge in [0.1, 0.15) is 5.69 Å². The van der Waals surface area contributed by atoms with Crippen molar-refractivity contribution < 1.29 is 5.11 Å². The molecular weight excluding hydrogens is 152 g/mol. The molecule has 0 bridgehead atoms. The molecule has 0 aromatic carbocycles. The summed E-state index contributed by atoms with van der Waals surface area (Å²) < 4.78 is 1.76. The van der Waals surface area contributed by atoms with Gasteiger partial charge in [-0.25, -0.2) is 0 Å². The van der Waals surface area contributed by atoms with Crippen LogP contribution in [0, 0.1) is 0 Å². The molecule has 0 fully saturated rings. The van der Waals surface area contributed by atoms with Crippen LogP contribution in [0.1, 0.15) is 31.7 Å². The molecule has 0 saturated carbocycles. The summed E-state index contributed by atoms with van der Waals surface area (Å²) >= 11 is 0. The number of hydrogen-bond acceptors (Lipinski definition) is 2. The smallest absolute Gasteiger partial charge is 0.160 e. The van der Waals surface area contributed by atoms with Crippen LogP contribution in [0.2, 0.25) is 0 Å². The summed E-state index contributed by atoms with van der Waals surface area (Å²) in [6.45, 7) is 4.10. The summed E-state index contributed by atoms with van der Waals surface area (Å²) in [5.41, 5.74) is 1.76. The van der Waals surface area contributed by atoms with Crippen molar-refractivity contribution in [3.05, 3.63) is 11.4 Å². The van der Waals surface area contributed by atoms with Gasteiger partial charge < -0.3 is 5.11 Å². The monoisotopic (exact) mass is 168 g/mol.